The number of hydrogen-bond donors (Lipinski definition) is 1. The molecule has 12 heavy (non-hydrogen) atoms. The number of ether oxygens (including phenoxy) is 1. The maximum absolute atomic E-state index is 5.71. The molecule has 1 N–H and O–H groups in total. The third kappa shape index (κ3) is 1.99. The molecule has 0 aromatic carbocycles. The zero-order valence-corrected chi connectivity index (χ0v) is 8.05. The van der Waals surface area contributed by atoms with E-state index in [2.05, 4.69) is 19.2 Å². The van der Waals surface area contributed by atoms with Gasteiger partial charge in [0.05, 0.1) is 12.2 Å². The molecule has 0 bridgehead atoms. The van der Waals surface area contributed by atoms with Crippen LogP contribution in [-0.4, -0.2) is 24.8 Å². The lowest BCUT2D eigenvalue weighted by atomic mass is 10.2. The van der Waals surface area contributed by atoms with Crippen molar-refractivity contribution in [1.29, 1.82) is 0 Å². The van der Waals surface area contributed by atoms with E-state index in [1.165, 1.54) is 19.3 Å². The Morgan fingerprint density at radius 2 is 2.08 bits per heavy atom. The standard InChI is InChI=1S/C10H19NO/c1-7-5-10(7)11-6-9-4-3-8(2)12-9/h7-11H,3-6H2,1-2H3. The molecule has 1 aliphatic carbocycles. The van der Waals surface area contributed by atoms with Crippen molar-refractivity contribution in [2.45, 2.75) is 51.4 Å². The summed E-state index contributed by atoms with van der Waals surface area (Å²) in [6.07, 6.45) is 4.84. The van der Waals surface area contributed by atoms with E-state index in [9.17, 15) is 0 Å². The van der Waals surface area contributed by atoms with E-state index in [0.29, 0.717) is 12.2 Å². The Kier molecular flexibility index (Phi) is 2.37. The summed E-state index contributed by atoms with van der Waals surface area (Å²) in [5, 5.41) is 3.54. The molecular weight excluding hydrogens is 150 g/mol. The minimum Gasteiger partial charge on any atom is -0.374 e. The van der Waals surface area contributed by atoms with E-state index in [-0.39, 0.29) is 0 Å². The number of hydrogen-bond acceptors (Lipinski definition) is 2. The highest BCUT2D eigenvalue weighted by molar-refractivity contribution is 4.90. The van der Waals surface area contributed by atoms with Crippen LogP contribution in [0.5, 0.6) is 0 Å². The summed E-state index contributed by atoms with van der Waals surface area (Å²) in [6.45, 7) is 5.54. The third-order valence-electron chi connectivity index (χ3n) is 3.04. The molecule has 0 amide bonds. The van der Waals surface area contributed by atoms with Gasteiger partial charge in [0.15, 0.2) is 0 Å². The fourth-order valence-electron chi connectivity index (χ4n) is 1.92. The molecule has 1 saturated heterocycles. The molecule has 2 rings (SSSR count). The summed E-state index contributed by atoms with van der Waals surface area (Å²) < 4.78 is 5.71. The van der Waals surface area contributed by atoms with Gasteiger partial charge < -0.3 is 10.1 Å². The maximum Gasteiger partial charge on any atom is 0.0704 e. The van der Waals surface area contributed by atoms with Gasteiger partial charge in [-0.2, -0.15) is 0 Å². The minimum absolute atomic E-state index is 0.493. The highest BCUT2D eigenvalue weighted by atomic mass is 16.5. The largest absolute Gasteiger partial charge is 0.374 e. The molecule has 2 aliphatic rings. The predicted molar refractivity (Wildman–Crippen MR) is 49.1 cm³/mol. The molecular formula is C10H19NO. The SMILES string of the molecule is CC1CCC(CNC2CC2C)O1. The van der Waals surface area contributed by atoms with Crippen LogP contribution in [-0.2, 0) is 4.74 Å². The first kappa shape index (κ1) is 8.52. The second-order valence-electron chi connectivity index (χ2n) is 4.37. The zero-order valence-electron chi connectivity index (χ0n) is 8.05. The van der Waals surface area contributed by atoms with Crippen LogP contribution in [0.4, 0.5) is 0 Å². The molecule has 0 spiro atoms. The summed E-state index contributed by atoms with van der Waals surface area (Å²) >= 11 is 0. The third-order valence-corrected chi connectivity index (χ3v) is 3.04. The van der Waals surface area contributed by atoms with Gasteiger partial charge in [0, 0.05) is 12.6 Å². The highest BCUT2D eigenvalue weighted by Gasteiger charge is 2.33. The van der Waals surface area contributed by atoms with Crippen molar-refractivity contribution in [3.8, 4) is 0 Å². The Balaban J connectivity index is 1.61. The molecule has 2 heteroatoms. The predicted octanol–water partition coefficient (Wildman–Crippen LogP) is 1.55. The summed E-state index contributed by atoms with van der Waals surface area (Å²) in [5.41, 5.74) is 0. The highest BCUT2D eigenvalue weighted by Crippen LogP contribution is 2.29. The van der Waals surface area contributed by atoms with E-state index < -0.39 is 0 Å². The van der Waals surface area contributed by atoms with Gasteiger partial charge in [-0.1, -0.05) is 6.92 Å². The van der Waals surface area contributed by atoms with Gasteiger partial charge in [0.1, 0.15) is 0 Å². The van der Waals surface area contributed by atoms with Gasteiger partial charge in [-0.15, -0.1) is 0 Å². The van der Waals surface area contributed by atoms with Crippen molar-refractivity contribution < 1.29 is 4.74 Å². The molecule has 4 unspecified atom stereocenters. The molecule has 4 atom stereocenters. The van der Waals surface area contributed by atoms with Gasteiger partial charge >= 0.3 is 0 Å². The summed E-state index contributed by atoms with van der Waals surface area (Å²) in [7, 11) is 0. The van der Waals surface area contributed by atoms with E-state index in [4.69, 9.17) is 4.74 Å². The monoisotopic (exact) mass is 169 g/mol. The second kappa shape index (κ2) is 3.35. The van der Waals surface area contributed by atoms with Crippen molar-refractivity contribution >= 4 is 0 Å². The Bertz CT molecular complexity index is 160. The van der Waals surface area contributed by atoms with E-state index in [0.717, 1.165) is 18.5 Å². The first-order valence-electron chi connectivity index (χ1n) is 5.14. The van der Waals surface area contributed by atoms with Crippen molar-refractivity contribution in [2.24, 2.45) is 5.92 Å². The quantitative estimate of drug-likeness (QED) is 0.692. The average Bonchev–Trinajstić information content (AvgIpc) is 2.56. The Morgan fingerprint density at radius 1 is 1.33 bits per heavy atom. The molecule has 0 aromatic rings. The first-order chi connectivity index (χ1) is 5.75. The number of rotatable bonds is 3. The fourth-order valence-corrected chi connectivity index (χ4v) is 1.92. The summed E-state index contributed by atoms with van der Waals surface area (Å²) in [6, 6.07) is 0.796. The first-order valence-corrected chi connectivity index (χ1v) is 5.14. The molecule has 2 nitrogen and oxygen atoms in total. The normalized spacial score (nSPS) is 46.5. The van der Waals surface area contributed by atoms with Gasteiger partial charge in [0.25, 0.3) is 0 Å². The zero-order chi connectivity index (χ0) is 8.55. The van der Waals surface area contributed by atoms with Crippen LogP contribution < -0.4 is 5.32 Å². The van der Waals surface area contributed by atoms with Crippen LogP contribution in [0, 0.1) is 5.92 Å². The van der Waals surface area contributed by atoms with E-state index in [1.54, 1.807) is 0 Å². The van der Waals surface area contributed by atoms with Gasteiger partial charge in [-0.05, 0) is 32.1 Å². The number of nitrogens with one attached hydrogen (secondary N) is 1. The smallest absolute Gasteiger partial charge is 0.0704 e. The molecule has 1 aliphatic heterocycles. The lowest BCUT2D eigenvalue weighted by Crippen LogP contribution is -2.29. The maximum atomic E-state index is 5.71. The van der Waals surface area contributed by atoms with Crippen molar-refractivity contribution in [3.05, 3.63) is 0 Å². The van der Waals surface area contributed by atoms with Crippen LogP contribution in [0.3, 0.4) is 0 Å². The summed E-state index contributed by atoms with van der Waals surface area (Å²) in [5.74, 6) is 0.906. The van der Waals surface area contributed by atoms with Crippen molar-refractivity contribution in [1.82, 2.24) is 5.32 Å². The molecule has 1 saturated carbocycles. The van der Waals surface area contributed by atoms with E-state index in [1.807, 2.05) is 0 Å². The minimum atomic E-state index is 0.493. The molecule has 2 fully saturated rings. The lowest BCUT2D eigenvalue weighted by Gasteiger charge is -2.11. The Hall–Kier alpha value is -0.0800. The molecule has 70 valence electrons. The van der Waals surface area contributed by atoms with Crippen molar-refractivity contribution in [2.75, 3.05) is 6.54 Å². The fraction of sp³-hybridized carbons (Fsp3) is 1.00. The van der Waals surface area contributed by atoms with Crippen LogP contribution in [0.15, 0.2) is 0 Å². The Morgan fingerprint density at radius 3 is 2.58 bits per heavy atom. The van der Waals surface area contributed by atoms with Crippen LogP contribution >= 0.6 is 0 Å². The Labute approximate surface area is 74.7 Å². The topological polar surface area (TPSA) is 21.3 Å². The molecule has 0 radical (unpaired) electrons. The lowest BCUT2D eigenvalue weighted by molar-refractivity contribution is 0.0557. The average molecular weight is 169 g/mol. The van der Waals surface area contributed by atoms with Crippen molar-refractivity contribution in [3.63, 3.8) is 0 Å². The van der Waals surface area contributed by atoms with Gasteiger partial charge in [-0.3, -0.25) is 0 Å². The summed E-state index contributed by atoms with van der Waals surface area (Å²) in [4.78, 5) is 0. The van der Waals surface area contributed by atoms with Crippen LogP contribution in [0.2, 0.25) is 0 Å². The van der Waals surface area contributed by atoms with Gasteiger partial charge in [-0.25, -0.2) is 0 Å². The second-order valence-corrected chi connectivity index (χ2v) is 4.37. The van der Waals surface area contributed by atoms with Crippen LogP contribution in [0.1, 0.15) is 33.1 Å². The molecule has 1 heterocycles. The van der Waals surface area contributed by atoms with Crippen LogP contribution in [0.25, 0.3) is 0 Å². The van der Waals surface area contributed by atoms with E-state index >= 15 is 0 Å². The molecule has 0 aromatic heterocycles. The van der Waals surface area contributed by atoms with Gasteiger partial charge in [0.2, 0.25) is 0 Å².